The van der Waals surface area contributed by atoms with Crippen LogP contribution in [0.2, 0.25) is 0 Å². The maximum absolute atomic E-state index is 5.12. The molecule has 1 aliphatic rings. The van der Waals surface area contributed by atoms with Crippen LogP contribution in [0.3, 0.4) is 0 Å². The van der Waals surface area contributed by atoms with E-state index in [9.17, 15) is 0 Å². The van der Waals surface area contributed by atoms with Crippen LogP contribution in [0.15, 0.2) is 224 Å². The van der Waals surface area contributed by atoms with Crippen LogP contribution in [-0.4, -0.2) is 14.5 Å². The van der Waals surface area contributed by atoms with Crippen LogP contribution in [-0.2, 0) is 5.41 Å². The Kier molecular flexibility index (Phi) is 8.56. The van der Waals surface area contributed by atoms with Gasteiger partial charge in [0, 0.05) is 38.6 Å². The highest BCUT2D eigenvalue weighted by molar-refractivity contribution is 6.21. The van der Waals surface area contributed by atoms with Gasteiger partial charge in [0.05, 0.1) is 22.4 Å². The minimum absolute atomic E-state index is 0.249. The highest BCUT2D eigenvalue weighted by Crippen LogP contribution is 2.57. The van der Waals surface area contributed by atoms with Crippen molar-refractivity contribution < 1.29 is 0 Å². The van der Waals surface area contributed by atoms with Gasteiger partial charge in [-0.3, -0.25) is 0 Å². The van der Waals surface area contributed by atoms with Gasteiger partial charge in [-0.15, -0.1) is 0 Å². The normalized spacial score (nSPS) is 12.8. The monoisotopic (exact) mass is 841 g/mol. The number of hydrogen-bond donors (Lipinski definition) is 0. The van der Waals surface area contributed by atoms with Crippen LogP contribution in [0, 0.1) is 0 Å². The number of rotatable bonds is 6. The van der Waals surface area contributed by atoms with Gasteiger partial charge in [-0.25, -0.2) is 9.97 Å². The fourth-order valence-electron chi connectivity index (χ4n) is 10.9. The fraction of sp³-hybridized carbons (Fsp3) is 0.0476. The maximum atomic E-state index is 5.12. The predicted molar refractivity (Wildman–Crippen MR) is 276 cm³/mol. The molecule has 3 nitrogen and oxygen atoms in total. The molecule has 0 atom stereocenters. The molecule has 0 saturated carbocycles. The van der Waals surface area contributed by atoms with Gasteiger partial charge in [0.2, 0.25) is 0 Å². The van der Waals surface area contributed by atoms with Crippen molar-refractivity contribution in [3.05, 3.63) is 236 Å². The zero-order valence-corrected chi connectivity index (χ0v) is 36.7. The summed E-state index contributed by atoms with van der Waals surface area (Å²) in [5, 5.41) is 7.83. The second kappa shape index (κ2) is 14.8. The number of aromatic nitrogens is 3. The molecular weight excluding hydrogens is 799 g/mol. The minimum Gasteiger partial charge on any atom is -0.309 e. The SMILES string of the molecule is CC1(C)c2c(c3ccccc3c3ccccc23)-c2ccc3c4ccccc4n(-c4ccc(-c5ccc(-c6cc(-c7ccc(-c8ccccc8)cc7)nc(-c7ccccc7)n6)cc5)cc4)c3c21. The molecule has 0 radical (unpaired) electrons. The van der Waals surface area contributed by atoms with Crippen LogP contribution in [0.25, 0.3) is 116 Å². The Balaban J connectivity index is 0.890. The quantitative estimate of drug-likeness (QED) is 0.156. The Morgan fingerprint density at radius 1 is 0.348 bits per heavy atom. The number of hydrogen-bond acceptors (Lipinski definition) is 2. The van der Waals surface area contributed by atoms with Gasteiger partial charge in [0.25, 0.3) is 0 Å². The number of fused-ring (bicyclic) bond motifs is 12. The summed E-state index contributed by atoms with van der Waals surface area (Å²) in [6.07, 6.45) is 0. The number of nitrogens with zero attached hydrogens (tertiary/aromatic N) is 3. The first-order chi connectivity index (χ1) is 32.5. The molecule has 10 aromatic carbocycles. The van der Waals surface area contributed by atoms with Crippen LogP contribution >= 0.6 is 0 Å². The molecule has 0 amide bonds. The smallest absolute Gasteiger partial charge is 0.160 e. The van der Waals surface area contributed by atoms with Crippen molar-refractivity contribution in [3.63, 3.8) is 0 Å². The first kappa shape index (κ1) is 38.1. The van der Waals surface area contributed by atoms with Gasteiger partial charge in [0.1, 0.15) is 0 Å². The van der Waals surface area contributed by atoms with E-state index < -0.39 is 0 Å². The van der Waals surface area contributed by atoms with Crippen LogP contribution in [0.1, 0.15) is 25.0 Å². The topological polar surface area (TPSA) is 30.7 Å². The largest absolute Gasteiger partial charge is 0.309 e. The molecule has 310 valence electrons. The molecular formula is C63H43N3. The molecule has 12 aromatic rings. The average molecular weight is 842 g/mol. The summed E-state index contributed by atoms with van der Waals surface area (Å²) in [5.74, 6) is 0.708. The van der Waals surface area contributed by atoms with Crippen molar-refractivity contribution >= 4 is 43.4 Å². The average Bonchev–Trinajstić information content (AvgIpc) is 3.85. The van der Waals surface area contributed by atoms with Crippen molar-refractivity contribution in [2.75, 3.05) is 0 Å². The fourth-order valence-corrected chi connectivity index (χ4v) is 10.9. The van der Waals surface area contributed by atoms with Gasteiger partial charge in [-0.1, -0.05) is 214 Å². The van der Waals surface area contributed by atoms with E-state index in [0.717, 1.165) is 44.9 Å². The van der Waals surface area contributed by atoms with Crippen LogP contribution < -0.4 is 0 Å². The van der Waals surface area contributed by atoms with Crippen molar-refractivity contribution in [1.82, 2.24) is 14.5 Å². The van der Waals surface area contributed by atoms with E-state index >= 15 is 0 Å². The van der Waals surface area contributed by atoms with E-state index in [4.69, 9.17) is 9.97 Å². The molecule has 0 N–H and O–H groups in total. The third kappa shape index (κ3) is 5.90. The van der Waals surface area contributed by atoms with Crippen molar-refractivity contribution in [3.8, 4) is 73.0 Å². The van der Waals surface area contributed by atoms with E-state index in [-0.39, 0.29) is 5.41 Å². The van der Waals surface area contributed by atoms with Crippen molar-refractivity contribution in [2.45, 2.75) is 19.3 Å². The summed E-state index contributed by atoms with van der Waals surface area (Å²) < 4.78 is 2.51. The zero-order valence-electron chi connectivity index (χ0n) is 36.7. The van der Waals surface area contributed by atoms with E-state index in [1.165, 1.54) is 76.7 Å². The Labute approximate surface area is 384 Å². The standard InChI is InChI=1S/C63H43N3/c1-63(2)59-52-23-12-10-20-49(52)48-19-9-11-22-51(48)58(59)54-38-37-53-50-21-13-14-24-57(50)66(61(53)60(54)63)47-35-33-43(34-36-47)42-27-31-45(32-28-42)56-39-55(64-62(65-56)46-17-7-4-8-18-46)44-29-25-41(26-30-44)40-15-5-3-6-16-40/h3-39H,1-2H3. The van der Waals surface area contributed by atoms with E-state index in [2.05, 4.69) is 219 Å². The predicted octanol–water partition coefficient (Wildman–Crippen LogP) is 16.5. The Bertz CT molecular complexity index is 3850. The third-order valence-corrected chi connectivity index (χ3v) is 14.0. The van der Waals surface area contributed by atoms with Gasteiger partial charge in [0.15, 0.2) is 5.82 Å². The first-order valence-electron chi connectivity index (χ1n) is 22.8. The summed E-state index contributed by atoms with van der Waals surface area (Å²) in [4.78, 5) is 10.2. The lowest BCUT2D eigenvalue weighted by Gasteiger charge is -2.25. The molecule has 0 aliphatic heterocycles. The van der Waals surface area contributed by atoms with Crippen molar-refractivity contribution in [1.29, 1.82) is 0 Å². The molecule has 0 saturated heterocycles. The highest BCUT2D eigenvalue weighted by Gasteiger charge is 2.41. The second-order valence-electron chi connectivity index (χ2n) is 18.1. The number of para-hydroxylation sites is 1. The van der Waals surface area contributed by atoms with E-state index in [0.29, 0.717) is 5.82 Å². The summed E-state index contributed by atoms with van der Waals surface area (Å²) in [6, 6.07) is 81.0. The van der Waals surface area contributed by atoms with Crippen LogP contribution in [0.4, 0.5) is 0 Å². The van der Waals surface area contributed by atoms with Gasteiger partial charge < -0.3 is 4.57 Å². The molecule has 2 heterocycles. The van der Waals surface area contributed by atoms with Gasteiger partial charge in [-0.2, -0.15) is 0 Å². The molecule has 0 bridgehead atoms. The van der Waals surface area contributed by atoms with Gasteiger partial charge >= 0.3 is 0 Å². The third-order valence-electron chi connectivity index (χ3n) is 14.0. The molecule has 3 heteroatoms. The summed E-state index contributed by atoms with van der Waals surface area (Å²) in [5.41, 5.74) is 18.4. The minimum atomic E-state index is -0.249. The summed E-state index contributed by atoms with van der Waals surface area (Å²) in [7, 11) is 0. The molecule has 0 spiro atoms. The Morgan fingerprint density at radius 2 is 0.803 bits per heavy atom. The molecule has 13 rings (SSSR count). The van der Waals surface area contributed by atoms with E-state index in [1.54, 1.807) is 0 Å². The lowest BCUT2D eigenvalue weighted by Crippen LogP contribution is -2.17. The molecule has 66 heavy (non-hydrogen) atoms. The highest BCUT2D eigenvalue weighted by atomic mass is 15.0. The molecule has 0 fully saturated rings. The van der Waals surface area contributed by atoms with Crippen molar-refractivity contribution in [2.24, 2.45) is 0 Å². The summed E-state index contributed by atoms with van der Waals surface area (Å²) >= 11 is 0. The van der Waals surface area contributed by atoms with Crippen LogP contribution in [0.5, 0.6) is 0 Å². The number of benzene rings is 10. The lowest BCUT2D eigenvalue weighted by molar-refractivity contribution is 0.670. The second-order valence-corrected chi connectivity index (χ2v) is 18.1. The lowest BCUT2D eigenvalue weighted by atomic mass is 9.78. The molecule has 0 unspecified atom stereocenters. The molecule has 1 aliphatic carbocycles. The van der Waals surface area contributed by atoms with Gasteiger partial charge in [-0.05, 0) is 90.3 Å². The maximum Gasteiger partial charge on any atom is 0.160 e. The summed E-state index contributed by atoms with van der Waals surface area (Å²) in [6.45, 7) is 4.86. The van der Waals surface area contributed by atoms with E-state index in [1.807, 2.05) is 24.3 Å². The zero-order chi connectivity index (χ0) is 43.9. The molecule has 2 aromatic heterocycles. The Morgan fingerprint density at radius 3 is 1.41 bits per heavy atom. The Hall–Kier alpha value is -8.40. The first-order valence-corrected chi connectivity index (χ1v) is 22.8.